The summed E-state index contributed by atoms with van der Waals surface area (Å²) in [5, 5.41) is 11.7. The number of rotatable bonds is 5. The molecule has 196 valence electrons. The van der Waals surface area contributed by atoms with Crippen LogP contribution in [0.4, 0.5) is 0 Å². The van der Waals surface area contributed by atoms with E-state index in [4.69, 9.17) is 4.74 Å². The van der Waals surface area contributed by atoms with Gasteiger partial charge in [0.1, 0.15) is 11.9 Å². The zero-order valence-corrected chi connectivity index (χ0v) is 23.0. The van der Waals surface area contributed by atoms with Crippen molar-refractivity contribution in [1.29, 1.82) is 0 Å². The van der Waals surface area contributed by atoms with Crippen LogP contribution in [0.3, 0.4) is 0 Å². The summed E-state index contributed by atoms with van der Waals surface area (Å²) in [6.07, 6.45) is 8.19. The van der Waals surface area contributed by atoms with Crippen molar-refractivity contribution in [3.63, 3.8) is 0 Å². The van der Waals surface area contributed by atoms with Crippen LogP contribution in [0.5, 0.6) is 0 Å². The summed E-state index contributed by atoms with van der Waals surface area (Å²) in [6.45, 7) is 16.2. The van der Waals surface area contributed by atoms with Crippen LogP contribution < -0.4 is 0 Å². The third-order valence-electron chi connectivity index (χ3n) is 11.7. The molecule has 0 spiro atoms. The molecular weight excluding hydrogens is 458 g/mol. The van der Waals surface area contributed by atoms with Gasteiger partial charge in [0, 0.05) is 27.9 Å². The van der Waals surface area contributed by atoms with E-state index in [1.807, 2.05) is 6.08 Å². The molecule has 6 fully saturated rings. The van der Waals surface area contributed by atoms with Crippen molar-refractivity contribution in [2.45, 2.75) is 96.0 Å². The molecule has 0 aromatic heterocycles. The van der Waals surface area contributed by atoms with Crippen molar-refractivity contribution in [2.24, 2.45) is 34.0 Å². The van der Waals surface area contributed by atoms with Gasteiger partial charge in [-0.25, -0.2) is 0 Å². The van der Waals surface area contributed by atoms with E-state index < -0.39 is 23.0 Å². The fourth-order valence-electron chi connectivity index (χ4n) is 8.92. The summed E-state index contributed by atoms with van der Waals surface area (Å²) in [5.41, 5.74) is -1.23. The normalized spacial score (nSPS) is 51.3. The highest BCUT2D eigenvalue weighted by Crippen LogP contribution is 2.68. The van der Waals surface area contributed by atoms with Crippen molar-refractivity contribution < 1.29 is 19.4 Å². The molecule has 1 unspecified atom stereocenters. The molecule has 6 heteroatoms. The first kappa shape index (κ1) is 25.8. The van der Waals surface area contributed by atoms with E-state index in [1.54, 1.807) is 11.8 Å². The van der Waals surface area contributed by atoms with Gasteiger partial charge in [0.15, 0.2) is 0 Å². The first-order valence-corrected chi connectivity index (χ1v) is 14.9. The molecule has 1 N–H and O–H groups in total. The van der Waals surface area contributed by atoms with Crippen LogP contribution in [0.25, 0.3) is 0 Å². The number of piperidine rings is 3. The Morgan fingerprint density at radius 1 is 1.17 bits per heavy atom. The standard InChI is InChI=1S/C29H45NO4S/c1-6-26(4)17-22(34-23(32)18-35-28-11-14-30(15-12-28)16-13-28)27(5)19(2)7-9-29(20(3)25(26)33)10-8-21(31)24(27)29/h6,19-20,22,24-25,33H,1,7-18H2,2-5H3/t19-,20+,22-,24?,25+,26-,27-,29-/m1/s1. The molecule has 0 radical (unpaired) electrons. The van der Waals surface area contributed by atoms with Gasteiger partial charge in [-0.1, -0.05) is 33.8 Å². The fourth-order valence-corrected chi connectivity index (χ4v) is 10.1. The highest BCUT2D eigenvalue weighted by molar-refractivity contribution is 8.01. The van der Waals surface area contributed by atoms with Crippen molar-refractivity contribution >= 4 is 23.5 Å². The minimum atomic E-state index is -0.617. The van der Waals surface area contributed by atoms with Crippen LogP contribution >= 0.6 is 11.8 Å². The van der Waals surface area contributed by atoms with Crippen molar-refractivity contribution in [1.82, 2.24) is 4.90 Å². The van der Waals surface area contributed by atoms with Crippen molar-refractivity contribution in [3.05, 3.63) is 12.7 Å². The monoisotopic (exact) mass is 503 g/mol. The van der Waals surface area contributed by atoms with Gasteiger partial charge in [0.05, 0.1) is 11.9 Å². The van der Waals surface area contributed by atoms with Gasteiger partial charge in [-0.3, -0.25) is 9.59 Å². The molecule has 0 aromatic rings. The molecule has 3 aliphatic carbocycles. The van der Waals surface area contributed by atoms with E-state index >= 15 is 0 Å². The zero-order valence-electron chi connectivity index (χ0n) is 22.2. The van der Waals surface area contributed by atoms with Crippen LogP contribution in [0.15, 0.2) is 12.7 Å². The van der Waals surface area contributed by atoms with E-state index in [1.165, 1.54) is 0 Å². The lowest BCUT2D eigenvalue weighted by Gasteiger charge is -2.61. The number of Topliss-reactive ketones (excluding diaryl/α,β-unsaturated/α-hetero) is 1. The Morgan fingerprint density at radius 2 is 1.83 bits per heavy atom. The number of ketones is 1. The number of aliphatic hydroxyl groups excluding tert-OH is 1. The number of esters is 1. The number of carbonyl (C=O) groups excluding carboxylic acids is 2. The van der Waals surface area contributed by atoms with E-state index in [-0.39, 0.29) is 33.9 Å². The minimum Gasteiger partial charge on any atom is -0.461 e. The Kier molecular flexibility index (Phi) is 6.54. The lowest BCUT2D eigenvalue weighted by atomic mass is 9.44. The maximum Gasteiger partial charge on any atom is 0.316 e. The number of hydrogen-bond donors (Lipinski definition) is 1. The molecule has 0 aromatic carbocycles. The highest BCUT2D eigenvalue weighted by Gasteiger charge is 2.68. The number of hydrogen-bond acceptors (Lipinski definition) is 6. The molecular formula is C29H45NO4S. The summed E-state index contributed by atoms with van der Waals surface area (Å²) in [6, 6.07) is 0. The number of ether oxygens (including phenoxy) is 1. The molecule has 6 rings (SSSR count). The maximum absolute atomic E-state index is 13.5. The van der Waals surface area contributed by atoms with Gasteiger partial charge in [0.25, 0.3) is 0 Å². The second-order valence-corrected chi connectivity index (χ2v) is 14.6. The third kappa shape index (κ3) is 3.87. The summed E-state index contributed by atoms with van der Waals surface area (Å²) in [4.78, 5) is 29.5. The molecule has 35 heavy (non-hydrogen) atoms. The quantitative estimate of drug-likeness (QED) is 0.427. The largest absolute Gasteiger partial charge is 0.461 e. The summed E-state index contributed by atoms with van der Waals surface area (Å²) in [5.74, 6) is 0.622. The second-order valence-electron chi connectivity index (χ2n) is 13.1. The van der Waals surface area contributed by atoms with E-state index in [9.17, 15) is 14.7 Å². The van der Waals surface area contributed by atoms with Gasteiger partial charge in [-0.15, -0.1) is 18.3 Å². The van der Waals surface area contributed by atoms with Crippen LogP contribution in [0, 0.1) is 34.0 Å². The van der Waals surface area contributed by atoms with Gasteiger partial charge in [-0.2, -0.15) is 0 Å². The van der Waals surface area contributed by atoms with Crippen LogP contribution in [0.1, 0.15) is 79.1 Å². The smallest absolute Gasteiger partial charge is 0.316 e. The number of aliphatic hydroxyl groups is 1. The molecule has 4 bridgehead atoms. The lowest BCUT2D eigenvalue weighted by Crippen LogP contribution is -2.63. The molecule has 3 heterocycles. The molecule has 3 saturated carbocycles. The summed E-state index contributed by atoms with van der Waals surface area (Å²) >= 11 is 1.80. The van der Waals surface area contributed by atoms with E-state index in [0.717, 1.165) is 58.2 Å². The molecule has 0 amide bonds. The average molecular weight is 504 g/mol. The van der Waals surface area contributed by atoms with Gasteiger partial charge >= 0.3 is 5.97 Å². The molecule has 5 nitrogen and oxygen atoms in total. The molecule has 8 atom stereocenters. The van der Waals surface area contributed by atoms with Crippen LogP contribution in [-0.4, -0.2) is 64.1 Å². The van der Waals surface area contributed by atoms with Crippen molar-refractivity contribution in [3.8, 4) is 0 Å². The highest BCUT2D eigenvalue weighted by atomic mass is 32.2. The number of carbonyl (C=O) groups is 2. The van der Waals surface area contributed by atoms with E-state index in [2.05, 4.69) is 39.2 Å². The SMILES string of the molecule is C=C[C@]1(C)C[C@@H](OC(=O)CSC23CCN(CC2)CC3)[C@]2(C)C3C(=O)CC[C@]3(CC[C@H]2C)[C@@H](C)[C@@H]1O. The van der Waals surface area contributed by atoms with Crippen LogP contribution in [-0.2, 0) is 14.3 Å². The summed E-state index contributed by atoms with van der Waals surface area (Å²) in [7, 11) is 0. The Morgan fingerprint density at radius 3 is 2.46 bits per heavy atom. The van der Waals surface area contributed by atoms with Crippen LogP contribution in [0.2, 0.25) is 0 Å². The van der Waals surface area contributed by atoms with Gasteiger partial charge in [-0.05, 0) is 81.8 Å². The topological polar surface area (TPSA) is 66.8 Å². The minimum absolute atomic E-state index is 0.00255. The fraction of sp³-hybridized carbons (Fsp3) is 0.862. The molecule has 3 saturated heterocycles. The Balaban J connectivity index is 1.44. The predicted octanol–water partition coefficient (Wildman–Crippen LogP) is 4.86. The Labute approximate surface area is 215 Å². The molecule has 3 aliphatic heterocycles. The third-order valence-corrected chi connectivity index (χ3v) is 13.3. The van der Waals surface area contributed by atoms with Crippen molar-refractivity contribution in [2.75, 3.05) is 25.4 Å². The number of thioether (sulfide) groups is 1. The zero-order chi connectivity index (χ0) is 25.2. The first-order chi connectivity index (χ1) is 16.5. The Hall–Kier alpha value is -0.850. The Bertz CT molecular complexity index is 870. The first-order valence-electron chi connectivity index (χ1n) is 13.9. The predicted molar refractivity (Wildman–Crippen MR) is 140 cm³/mol. The lowest BCUT2D eigenvalue weighted by molar-refractivity contribution is -0.205. The number of nitrogens with zero attached hydrogens (tertiary/aromatic N) is 1. The summed E-state index contributed by atoms with van der Waals surface area (Å²) < 4.78 is 6.65. The molecule has 6 aliphatic rings. The average Bonchev–Trinajstić information content (AvgIpc) is 3.22. The van der Waals surface area contributed by atoms with Gasteiger partial charge < -0.3 is 14.7 Å². The number of fused-ring (bicyclic) bond motifs is 3. The van der Waals surface area contributed by atoms with Gasteiger partial charge in [0.2, 0.25) is 0 Å². The maximum atomic E-state index is 13.5. The van der Waals surface area contributed by atoms with E-state index in [0.29, 0.717) is 24.4 Å². The second kappa shape index (κ2) is 8.87.